The Morgan fingerprint density at radius 1 is 0.958 bits per heavy atom. The van der Waals surface area contributed by atoms with Crippen molar-refractivity contribution < 1.29 is 13.2 Å². The number of amides is 1. The van der Waals surface area contributed by atoms with Crippen LogP contribution in [-0.4, -0.2) is 20.9 Å². The zero-order chi connectivity index (χ0) is 17.7. The van der Waals surface area contributed by atoms with Gasteiger partial charge >= 0.3 is 0 Å². The van der Waals surface area contributed by atoms with Gasteiger partial charge in [-0.2, -0.15) is 0 Å². The minimum Gasteiger partial charge on any atom is -0.325 e. The number of rotatable bonds is 6. The van der Waals surface area contributed by atoms with Gasteiger partial charge in [-0.3, -0.25) is 4.79 Å². The molecule has 2 N–H and O–H groups in total. The van der Waals surface area contributed by atoms with Gasteiger partial charge in [-0.1, -0.05) is 41.5 Å². The fourth-order valence-electron chi connectivity index (χ4n) is 2.23. The number of anilines is 1. The molecule has 1 amide bonds. The van der Waals surface area contributed by atoms with Gasteiger partial charge < -0.3 is 5.32 Å². The number of carbonyl (C=O) groups is 1. The van der Waals surface area contributed by atoms with E-state index in [0.29, 0.717) is 5.69 Å². The van der Waals surface area contributed by atoms with Gasteiger partial charge in [0.25, 0.3) is 0 Å². The van der Waals surface area contributed by atoms with Crippen LogP contribution in [0, 0.1) is 20.8 Å². The van der Waals surface area contributed by atoms with Crippen molar-refractivity contribution in [2.45, 2.75) is 26.5 Å². The van der Waals surface area contributed by atoms with Gasteiger partial charge in [0.05, 0.1) is 12.3 Å². The van der Waals surface area contributed by atoms with Crippen molar-refractivity contribution in [3.8, 4) is 0 Å². The molecule has 0 fully saturated rings. The van der Waals surface area contributed by atoms with Crippen molar-refractivity contribution in [3.05, 3.63) is 64.7 Å². The molecule has 6 heteroatoms. The molecule has 0 saturated carbocycles. The summed E-state index contributed by atoms with van der Waals surface area (Å²) in [7, 11) is -3.58. The summed E-state index contributed by atoms with van der Waals surface area (Å²) in [5.74, 6) is -0.540. The van der Waals surface area contributed by atoms with Gasteiger partial charge in [0, 0.05) is 5.69 Å². The van der Waals surface area contributed by atoms with Crippen LogP contribution in [0.3, 0.4) is 0 Å². The summed E-state index contributed by atoms with van der Waals surface area (Å²) in [6.07, 6.45) is 0. The highest BCUT2D eigenvalue weighted by Gasteiger charge is 2.15. The van der Waals surface area contributed by atoms with Gasteiger partial charge in [0.2, 0.25) is 15.9 Å². The lowest BCUT2D eigenvalue weighted by Crippen LogP contribution is -2.33. The van der Waals surface area contributed by atoms with E-state index in [9.17, 15) is 13.2 Å². The van der Waals surface area contributed by atoms with Crippen molar-refractivity contribution in [1.82, 2.24) is 4.72 Å². The van der Waals surface area contributed by atoms with Crippen LogP contribution in [0.15, 0.2) is 42.5 Å². The standard InChI is InChI=1S/C18H22N2O3S/c1-13-5-8-17(9-6-13)20-18(21)11-19-24(22,23)12-16-10-14(2)4-7-15(16)3/h4-10,19H,11-12H2,1-3H3,(H,20,21). The largest absolute Gasteiger partial charge is 0.325 e. The molecule has 0 atom stereocenters. The molecule has 0 saturated heterocycles. The van der Waals surface area contributed by atoms with E-state index in [0.717, 1.165) is 22.3 Å². The van der Waals surface area contributed by atoms with Crippen LogP contribution in [-0.2, 0) is 20.6 Å². The van der Waals surface area contributed by atoms with Crippen LogP contribution in [0.25, 0.3) is 0 Å². The maximum atomic E-state index is 12.2. The van der Waals surface area contributed by atoms with Crippen LogP contribution >= 0.6 is 0 Å². The molecular weight excluding hydrogens is 324 g/mol. The molecule has 0 radical (unpaired) electrons. The number of hydrogen-bond acceptors (Lipinski definition) is 3. The van der Waals surface area contributed by atoms with Crippen molar-refractivity contribution in [1.29, 1.82) is 0 Å². The van der Waals surface area contributed by atoms with E-state index >= 15 is 0 Å². The minimum absolute atomic E-state index is 0.141. The zero-order valence-electron chi connectivity index (χ0n) is 14.1. The van der Waals surface area contributed by atoms with Crippen LogP contribution in [0.4, 0.5) is 5.69 Å². The molecule has 0 spiro atoms. The van der Waals surface area contributed by atoms with Gasteiger partial charge in [0.15, 0.2) is 0 Å². The molecule has 2 aromatic rings. The van der Waals surface area contributed by atoms with Crippen LogP contribution < -0.4 is 10.0 Å². The van der Waals surface area contributed by atoms with Crippen molar-refractivity contribution >= 4 is 21.6 Å². The van der Waals surface area contributed by atoms with E-state index in [4.69, 9.17) is 0 Å². The fourth-order valence-corrected chi connectivity index (χ4v) is 3.40. The third-order valence-corrected chi connectivity index (χ3v) is 4.91. The van der Waals surface area contributed by atoms with Crippen LogP contribution in [0.1, 0.15) is 22.3 Å². The first-order valence-electron chi connectivity index (χ1n) is 7.65. The average Bonchev–Trinajstić information content (AvgIpc) is 2.51. The highest BCUT2D eigenvalue weighted by molar-refractivity contribution is 7.88. The first kappa shape index (κ1) is 18.2. The summed E-state index contributed by atoms with van der Waals surface area (Å²) >= 11 is 0. The first-order chi connectivity index (χ1) is 11.2. The normalized spacial score (nSPS) is 11.3. The van der Waals surface area contributed by atoms with Crippen LogP contribution in [0.2, 0.25) is 0 Å². The number of hydrogen-bond donors (Lipinski definition) is 2. The molecule has 0 bridgehead atoms. The quantitative estimate of drug-likeness (QED) is 0.844. The Morgan fingerprint density at radius 3 is 2.25 bits per heavy atom. The molecule has 0 unspecified atom stereocenters. The Bertz CT molecular complexity index is 828. The molecule has 5 nitrogen and oxygen atoms in total. The van der Waals surface area contributed by atoms with E-state index in [1.54, 1.807) is 12.1 Å². The fraction of sp³-hybridized carbons (Fsp3) is 0.278. The molecule has 0 aliphatic heterocycles. The summed E-state index contributed by atoms with van der Waals surface area (Å²) in [4.78, 5) is 11.9. The van der Waals surface area contributed by atoms with E-state index in [1.807, 2.05) is 51.1 Å². The lowest BCUT2D eigenvalue weighted by atomic mass is 10.1. The minimum atomic E-state index is -3.58. The SMILES string of the molecule is Cc1ccc(NC(=O)CNS(=O)(=O)Cc2cc(C)ccc2C)cc1. The molecule has 128 valence electrons. The summed E-state index contributed by atoms with van der Waals surface area (Å²) < 4.78 is 26.7. The van der Waals surface area contributed by atoms with Gasteiger partial charge in [-0.25, -0.2) is 13.1 Å². The lowest BCUT2D eigenvalue weighted by molar-refractivity contribution is -0.115. The van der Waals surface area contributed by atoms with Crippen molar-refractivity contribution in [2.75, 3.05) is 11.9 Å². The lowest BCUT2D eigenvalue weighted by Gasteiger charge is -2.10. The molecule has 2 rings (SSSR count). The van der Waals surface area contributed by atoms with E-state index in [2.05, 4.69) is 10.0 Å². The first-order valence-corrected chi connectivity index (χ1v) is 9.30. The number of carbonyl (C=O) groups excluding carboxylic acids is 1. The Balaban J connectivity index is 1.93. The van der Waals surface area contributed by atoms with Gasteiger partial charge in [-0.05, 0) is 44.0 Å². The highest BCUT2D eigenvalue weighted by Crippen LogP contribution is 2.13. The molecule has 0 aromatic heterocycles. The van der Waals surface area contributed by atoms with Crippen LogP contribution in [0.5, 0.6) is 0 Å². The summed E-state index contributed by atoms with van der Waals surface area (Å²) in [6.45, 7) is 5.44. The Labute approximate surface area is 143 Å². The molecule has 0 aliphatic rings. The predicted octanol–water partition coefficient (Wildman–Crippen LogP) is 2.67. The van der Waals surface area contributed by atoms with Gasteiger partial charge in [-0.15, -0.1) is 0 Å². The van der Waals surface area contributed by atoms with Gasteiger partial charge in [0.1, 0.15) is 0 Å². The summed E-state index contributed by atoms with van der Waals surface area (Å²) in [6, 6.07) is 13.0. The maximum absolute atomic E-state index is 12.2. The second kappa shape index (κ2) is 7.59. The highest BCUT2D eigenvalue weighted by atomic mass is 32.2. The number of benzene rings is 2. The van der Waals surface area contributed by atoms with E-state index < -0.39 is 15.9 Å². The second-order valence-electron chi connectivity index (χ2n) is 5.92. The zero-order valence-corrected chi connectivity index (χ0v) is 14.9. The summed E-state index contributed by atoms with van der Waals surface area (Å²) in [5.41, 5.74) is 4.38. The molecule has 2 aromatic carbocycles. The third-order valence-electron chi connectivity index (χ3n) is 3.64. The summed E-state index contributed by atoms with van der Waals surface area (Å²) in [5, 5.41) is 2.66. The van der Waals surface area contributed by atoms with Crippen molar-refractivity contribution in [3.63, 3.8) is 0 Å². The second-order valence-corrected chi connectivity index (χ2v) is 7.73. The number of nitrogens with one attached hydrogen (secondary N) is 2. The molecule has 0 heterocycles. The predicted molar refractivity (Wildman–Crippen MR) is 96.4 cm³/mol. The molecule has 24 heavy (non-hydrogen) atoms. The Morgan fingerprint density at radius 2 is 1.58 bits per heavy atom. The molecular formula is C18H22N2O3S. The monoisotopic (exact) mass is 346 g/mol. The molecule has 0 aliphatic carbocycles. The third kappa shape index (κ3) is 5.47. The topological polar surface area (TPSA) is 75.3 Å². The Kier molecular flexibility index (Phi) is 5.75. The van der Waals surface area contributed by atoms with E-state index in [-0.39, 0.29) is 12.3 Å². The Hall–Kier alpha value is -2.18. The van der Waals surface area contributed by atoms with E-state index in [1.165, 1.54) is 0 Å². The maximum Gasteiger partial charge on any atom is 0.239 e. The number of sulfonamides is 1. The number of aryl methyl sites for hydroxylation is 3. The smallest absolute Gasteiger partial charge is 0.239 e. The average molecular weight is 346 g/mol. The van der Waals surface area contributed by atoms with Crippen molar-refractivity contribution in [2.24, 2.45) is 0 Å².